The van der Waals surface area contributed by atoms with Gasteiger partial charge < -0.3 is 0 Å². The predicted molar refractivity (Wildman–Crippen MR) is 58.9 cm³/mol. The molecule has 0 rings (SSSR count). The highest BCUT2D eigenvalue weighted by atomic mass is 35.5. The lowest BCUT2D eigenvalue weighted by Gasteiger charge is -2.28. The van der Waals surface area contributed by atoms with Crippen molar-refractivity contribution in [3.05, 3.63) is 0 Å². The van der Waals surface area contributed by atoms with Gasteiger partial charge in [0.2, 0.25) is 0 Å². The molecule has 0 aliphatic carbocycles. The molecule has 0 saturated heterocycles. The van der Waals surface area contributed by atoms with E-state index >= 15 is 0 Å². The molecule has 0 aromatic carbocycles. The highest BCUT2D eigenvalue weighted by molar-refractivity contribution is 6.06. The maximum atomic E-state index is 5.69. The summed E-state index contributed by atoms with van der Waals surface area (Å²) in [6, 6.07) is 2.69. The smallest absolute Gasteiger partial charge is 0.287 e. The van der Waals surface area contributed by atoms with Crippen LogP contribution in [0.2, 0.25) is 0 Å². The van der Waals surface area contributed by atoms with E-state index in [9.17, 15) is 0 Å². The standard InChI is InChI=1S/C8H19ClN5/c1-5-14(9)7-13-6-8(10-2,11-3)12-4/h10-12H,5-6H2,1-4H3/q+1. The first kappa shape index (κ1) is 13.5. The Morgan fingerprint density at radius 3 is 2.14 bits per heavy atom. The van der Waals surface area contributed by atoms with Gasteiger partial charge in [-0.25, -0.2) is 0 Å². The average Bonchev–Trinajstić information content (AvgIpc) is 2.25. The molecule has 0 aliphatic heterocycles. The summed E-state index contributed by atoms with van der Waals surface area (Å²) in [5.74, 6) is -0.404. The summed E-state index contributed by atoms with van der Waals surface area (Å²) in [4.78, 5) is 4.08. The van der Waals surface area contributed by atoms with Crippen LogP contribution in [0.3, 0.4) is 0 Å². The van der Waals surface area contributed by atoms with Gasteiger partial charge in [-0.05, 0) is 33.1 Å². The maximum absolute atomic E-state index is 5.69. The molecule has 0 amide bonds. The number of hydrogen-bond donors (Lipinski definition) is 3. The van der Waals surface area contributed by atoms with Gasteiger partial charge in [0.15, 0.2) is 12.3 Å². The fourth-order valence-corrected chi connectivity index (χ4v) is 0.967. The molecule has 0 fully saturated rings. The number of nitrogens with zero attached hydrogens (tertiary/aromatic N) is 2. The molecule has 14 heavy (non-hydrogen) atoms. The van der Waals surface area contributed by atoms with E-state index in [2.05, 4.69) is 27.0 Å². The lowest BCUT2D eigenvalue weighted by Crippen LogP contribution is -2.65. The van der Waals surface area contributed by atoms with Crippen LogP contribution >= 0.6 is 11.8 Å². The number of halogens is 1. The van der Waals surface area contributed by atoms with Gasteiger partial charge in [0.1, 0.15) is 18.3 Å². The lowest BCUT2D eigenvalue weighted by atomic mass is 10.3. The Balaban J connectivity index is 4.40. The fraction of sp³-hybridized carbons (Fsp3) is 0.875. The number of nitrogens with one attached hydrogen (secondary N) is 3. The van der Waals surface area contributed by atoms with Gasteiger partial charge in [-0.15, -0.1) is 4.09 Å². The van der Waals surface area contributed by atoms with E-state index in [0.29, 0.717) is 13.1 Å². The van der Waals surface area contributed by atoms with Gasteiger partial charge in [0.05, 0.1) is 0 Å². The van der Waals surface area contributed by atoms with Crippen LogP contribution < -0.4 is 16.0 Å². The molecular weight excluding hydrogens is 202 g/mol. The topological polar surface area (TPSA) is 51.5 Å². The molecule has 0 unspecified atom stereocenters. The summed E-state index contributed by atoms with van der Waals surface area (Å²) in [5.41, 5.74) is 0. The zero-order chi connectivity index (χ0) is 11.0. The highest BCUT2D eigenvalue weighted by Crippen LogP contribution is 1.92. The molecule has 0 heterocycles. The van der Waals surface area contributed by atoms with Crippen LogP contribution in [0.25, 0.3) is 0 Å². The third-order valence-electron chi connectivity index (χ3n) is 2.05. The van der Waals surface area contributed by atoms with Gasteiger partial charge in [-0.3, -0.25) is 16.0 Å². The number of aliphatic imine (C=N–C) groups is 1. The molecule has 0 aromatic heterocycles. The second kappa shape index (κ2) is 6.92. The van der Waals surface area contributed by atoms with E-state index in [1.807, 2.05) is 28.1 Å². The van der Waals surface area contributed by atoms with E-state index in [1.165, 1.54) is 4.09 Å². The Morgan fingerprint density at radius 2 is 1.79 bits per heavy atom. The van der Waals surface area contributed by atoms with Crippen molar-refractivity contribution in [3.63, 3.8) is 0 Å². The van der Waals surface area contributed by atoms with Gasteiger partial charge in [0.25, 0.3) is 0 Å². The number of rotatable bonds is 6. The molecule has 0 bridgehead atoms. The SMILES string of the molecule is CC[N+](Cl)=C=NCC(NC)(NC)NC. The fourth-order valence-electron chi connectivity index (χ4n) is 0.914. The van der Waals surface area contributed by atoms with E-state index in [4.69, 9.17) is 11.8 Å². The molecule has 0 spiro atoms. The minimum atomic E-state index is -0.404. The second-order valence-electron chi connectivity index (χ2n) is 2.75. The minimum absolute atomic E-state index is 0.404. The third kappa shape index (κ3) is 4.17. The van der Waals surface area contributed by atoms with E-state index in [1.54, 1.807) is 0 Å². The molecule has 0 aliphatic rings. The predicted octanol–water partition coefficient (Wildman–Crippen LogP) is -0.341. The van der Waals surface area contributed by atoms with Crippen molar-refractivity contribution in [3.8, 4) is 0 Å². The summed E-state index contributed by atoms with van der Waals surface area (Å²) in [6.45, 7) is 3.10. The monoisotopic (exact) mass is 220 g/mol. The van der Waals surface area contributed by atoms with Crippen LogP contribution in [0.15, 0.2) is 4.99 Å². The van der Waals surface area contributed by atoms with Crippen LogP contribution in [0.5, 0.6) is 0 Å². The van der Waals surface area contributed by atoms with Crippen molar-refractivity contribution in [2.75, 3.05) is 34.2 Å². The molecular formula is C8H19ClN5+. The maximum Gasteiger partial charge on any atom is 0.325 e. The Labute approximate surface area is 90.4 Å². The van der Waals surface area contributed by atoms with Crippen molar-refractivity contribution >= 4 is 17.8 Å². The summed E-state index contributed by atoms with van der Waals surface area (Å²) in [7, 11) is 5.54. The van der Waals surface area contributed by atoms with Gasteiger partial charge in [-0.2, -0.15) is 0 Å². The minimum Gasteiger partial charge on any atom is -0.287 e. The lowest BCUT2D eigenvalue weighted by molar-refractivity contribution is -0.359. The summed E-state index contributed by atoms with van der Waals surface area (Å²) in [6.07, 6.45) is 0. The Bertz CT molecular complexity index is 210. The van der Waals surface area contributed by atoms with E-state index in [-0.39, 0.29) is 0 Å². The third-order valence-corrected chi connectivity index (χ3v) is 2.37. The van der Waals surface area contributed by atoms with Crippen LogP contribution in [0.4, 0.5) is 0 Å². The first-order valence-corrected chi connectivity index (χ1v) is 4.90. The first-order valence-electron chi connectivity index (χ1n) is 4.56. The van der Waals surface area contributed by atoms with Gasteiger partial charge in [-0.1, -0.05) is 0 Å². The molecule has 3 N–H and O–H groups in total. The zero-order valence-electron chi connectivity index (χ0n) is 9.19. The Morgan fingerprint density at radius 1 is 1.29 bits per heavy atom. The summed E-state index contributed by atoms with van der Waals surface area (Å²) < 4.78 is 1.38. The summed E-state index contributed by atoms with van der Waals surface area (Å²) in [5, 5.41) is 9.27. The Kier molecular flexibility index (Phi) is 6.70. The van der Waals surface area contributed by atoms with E-state index in [0.717, 1.165) is 0 Å². The molecule has 0 atom stereocenters. The molecule has 5 nitrogen and oxygen atoms in total. The second-order valence-corrected chi connectivity index (χ2v) is 3.16. The van der Waals surface area contributed by atoms with Crippen molar-refractivity contribution in [2.45, 2.75) is 12.7 Å². The molecule has 0 radical (unpaired) electrons. The van der Waals surface area contributed by atoms with E-state index < -0.39 is 5.79 Å². The van der Waals surface area contributed by atoms with Crippen LogP contribution in [0, 0.1) is 0 Å². The van der Waals surface area contributed by atoms with Gasteiger partial charge in [0, 0.05) is 0 Å². The molecule has 0 aromatic rings. The number of likely N-dealkylation sites (N-methyl/N-ethyl adjacent to an activating group) is 3. The van der Waals surface area contributed by atoms with Crippen LogP contribution in [-0.4, -0.2) is 50.1 Å². The first-order chi connectivity index (χ1) is 6.64. The normalized spacial score (nSPS) is 10.9. The largest absolute Gasteiger partial charge is 0.325 e. The van der Waals surface area contributed by atoms with Crippen molar-refractivity contribution in [2.24, 2.45) is 4.99 Å². The van der Waals surface area contributed by atoms with Crippen molar-refractivity contribution in [1.29, 1.82) is 0 Å². The Hall–Kier alpha value is -0.450. The zero-order valence-corrected chi connectivity index (χ0v) is 9.94. The molecule has 0 saturated carbocycles. The van der Waals surface area contributed by atoms with Crippen LogP contribution in [0.1, 0.15) is 6.92 Å². The summed E-state index contributed by atoms with van der Waals surface area (Å²) >= 11 is 5.69. The van der Waals surface area contributed by atoms with Crippen molar-refractivity contribution < 1.29 is 4.09 Å². The molecule has 6 heteroatoms. The van der Waals surface area contributed by atoms with Gasteiger partial charge >= 0.3 is 6.01 Å². The highest BCUT2D eigenvalue weighted by Gasteiger charge is 2.25. The molecule has 82 valence electrons. The number of hydrogen-bond acceptors (Lipinski definition) is 4. The average molecular weight is 221 g/mol. The van der Waals surface area contributed by atoms with Crippen molar-refractivity contribution in [1.82, 2.24) is 16.0 Å². The van der Waals surface area contributed by atoms with Crippen LogP contribution in [-0.2, 0) is 0 Å². The quantitative estimate of drug-likeness (QED) is 0.326.